The van der Waals surface area contributed by atoms with E-state index in [1.807, 2.05) is 24.3 Å². The van der Waals surface area contributed by atoms with Crippen LogP contribution in [0.4, 0.5) is 5.69 Å². The van der Waals surface area contributed by atoms with Crippen LogP contribution in [0.15, 0.2) is 29.4 Å². The van der Waals surface area contributed by atoms with Crippen molar-refractivity contribution < 1.29 is 10.0 Å². The summed E-state index contributed by atoms with van der Waals surface area (Å²) < 4.78 is 0. The molecule has 1 aromatic carbocycles. The van der Waals surface area contributed by atoms with Crippen LogP contribution < -0.4 is 10.6 Å². The van der Waals surface area contributed by atoms with Gasteiger partial charge in [-0.25, -0.2) is 0 Å². The topological polar surface area (TPSA) is 78.9 Å². The number of amides is 1. The standard InChI is InChI=1S/C14H19N3O2/c1-9-7-11-5-3-4-6-12(11)17(8-9)14(18)10(2)13(15)16-19/h3-6,9-10,19H,7-8H2,1-2H3,(H2,15,16). The van der Waals surface area contributed by atoms with E-state index in [9.17, 15) is 4.79 Å². The fraction of sp³-hybridized carbons (Fsp3) is 0.429. The number of carbonyl (C=O) groups excluding carboxylic acids is 1. The first-order chi connectivity index (χ1) is 9.04. The molecule has 0 aromatic heterocycles. The van der Waals surface area contributed by atoms with Crippen molar-refractivity contribution in [1.82, 2.24) is 0 Å². The van der Waals surface area contributed by atoms with E-state index in [0.29, 0.717) is 12.5 Å². The van der Waals surface area contributed by atoms with E-state index in [1.54, 1.807) is 11.8 Å². The van der Waals surface area contributed by atoms with Crippen molar-refractivity contribution in [3.63, 3.8) is 0 Å². The molecule has 1 heterocycles. The number of nitrogens with zero attached hydrogens (tertiary/aromatic N) is 2. The van der Waals surface area contributed by atoms with Crippen molar-refractivity contribution in [2.24, 2.45) is 22.7 Å². The Morgan fingerprint density at radius 2 is 2.21 bits per heavy atom. The minimum atomic E-state index is -0.622. The van der Waals surface area contributed by atoms with Crippen LogP contribution in [0.3, 0.4) is 0 Å². The van der Waals surface area contributed by atoms with Crippen LogP contribution >= 0.6 is 0 Å². The van der Waals surface area contributed by atoms with E-state index in [2.05, 4.69) is 12.1 Å². The SMILES string of the molecule is CC1Cc2ccccc2N(C(=O)C(C)C(N)=NO)C1. The number of oxime groups is 1. The molecule has 0 radical (unpaired) electrons. The Morgan fingerprint density at radius 3 is 2.89 bits per heavy atom. The highest BCUT2D eigenvalue weighted by atomic mass is 16.4. The molecule has 19 heavy (non-hydrogen) atoms. The molecule has 0 fully saturated rings. The van der Waals surface area contributed by atoms with E-state index < -0.39 is 5.92 Å². The van der Waals surface area contributed by atoms with Gasteiger partial charge in [0.1, 0.15) is 0 Å². The third-order valence-electron chi connectivity index (χ3n) is 3.54. The van der Waals surface area contributed by atoms with Crippen LogP contribution in [0.5, 0.6) is 0 Å². The molecule has 0 spiro atoms. The maximum atomic E-state index is 12.5. The number of rotatable bonds is 2. The number of para-hydroxylation sites is 1. The molecular formula is C14H19N3O2. The highest BCUT2D eigenvalue weighted by Gasteiger charge is 2.30. The van der Waals surface area contributed by atoms with Crippen molar-refractivity contribution in [3.05, 3.63) is 29.8 Å². The third kappa shape index (κ3) is 2.54. The Morgan fingerprint density at radius 1 is 1.53 bits per heavy atom. The number of nitrogens with two attached hydrogens (primary N) is 1. The highest BCUT2D eigenvalue weighted by molar-refractivity contribution is 6.09. The van der Waals surface area contributed by atoms with Gasteiger partial charge in [-0.3, -0.25) is 4.79 Å². The van der Waals surface area contributed by atoms with Crippen LogP contribution in [0.1, 0.15) is 19.4 Å². The summed E-state index contributed by atoms with van der Waals surface area (Å²) in [4.78, 5) is 14.2. The summed E-state index contributed by atoms with van der Waals surface area (Å²) in [5, 5.41) is 11.6. The lowest BCUT2D eigenvalue weighted by atomic mass is 9.93. The molecule has 1 aliphatic rings. The number of fused-ring (bicyclic) bond motifs is 1. The summed E-state index contributed by atoms with van der Waals surface area (Å²) >= 11 is 0. The van der Waals surface area contributed by atoms with Gasteiger partial charge in [0, 0.05) is 12.2 Å². The molecule has 2 rings (SSSR count). The largest absolute Gasteiger partial charge is 0.409 e. The van der Waals surface area contributed by atoms with Crippen molar-refractivity contribution in [2.45, 2.75) is 20.3 Å². The Hall–Kier alpha value is -2.04. The zero-order chi connectivity index (χ0) is 14.0. The first-order valence-electron chi connectivity index (χ1n) is 6.41. The Kier molecular flexibility index (Phi) is 3.74. The normalized spacial score (nSPS) is 20.8. The van der Waals surface area contributed by atoms with Crippen molar-refractivity contribution >= 4 is 17.4 Å². The molecule has 102 valence electrons. The van der Waals surface area contributed by atoms with Gasteiger partial charge in [0.2, 0.25) is 5.91 Å². The summed E-state index contributed by atoms with van der Waals surface area (Å²) in [7, 11) is 0. The average molecular weight is 261 g/mol. The summed E-state index contributed by atoms with van der Waals surface area (Å²) in [6, 6.07) is 7.88. The number of benzene rings is 1. The predicted octanol–water partition coefficient (Wildman–Crippen LogP) is 1.59. The van der Waals surface area contributed by atoms with E-state index in [-0.39, 0.29) is 11.7 Å². The van der Waals surface area contributed by atoms with Crippen molar-refractivity contribution in [3.8, 4) is 0 Å². The van der Waals surface area contributed by atoms with Gasteiger partial charge in [-0.1, -0.05) is 30.3 Å². The molecule has 0 saturated heterocycles. The zero-order valence-corrected chi connectivity index (χ0v) is 11.2. The zero-order valence-electron chi connectivity index (χ0n) is 11.2. The van der Waals surface area contributed by atoms with Gasteiger partial charge < -0.3 is 15.8 Å². The minimum Gasteiger partial charge on any atom is -0.409 e. The molecule has 2 atom stereocenters. The van der Waals surface area contributed by atoms with Gasteiger partial charge in [-0.05, 0) is 30.9 Å². The molecule has 5 heteroatoms. The maximum Gasteiger partial charge on any atom is 0.237 e. The quantitative estimate of drug-likeness (QED) is 0.367. The van der Waals surface area contributed by atoms with Gasteiger partial charge >= 0.3 is 0 Å². The smallest absolute Gasteiger partial charge is 0.237 e. The van der Waals surface area contributed by atoms with Gasteiger partial charge in [0.15, 0.2) is 5.84 Å². The predicted molar refractivity (Wildman–Crippen MR) is 74.2 cm³/mol. The van der Waals surface area contributed by atoms with E-state index in [0.717, 1.165) is 12.1 Å². The number of carbonyl (C=O) groups is 1. The second-order valence-corrected chi connectivity index (χ2v) is 5.13. The lowest BCUT2D eigenvalue weighted by Gasteiger charge is -2.34. The van der Waals surface area contributed by atoms with Crippen molar-refractivity contribution in [1.29, 1.82) is 0 Å². The molecular weight excluding hydrogens is 242 g/mol. The first-order valence-corrected chi connectivity index (χ1v) is 6.41. The Labute approximate surface area is 112 Å². The number of anilines is 1. The van der Waals surface area contributed by atoms with E-state index in [1.165, 1.54) is 5.56 Å². The second-order valence-electron chi connectivity index (χ2n) is 5.13. The van der Waals surface area contributed by atoms with Crippen LogP contribution in [-0.4, -0.2) is 23.5 Å². The fourth-order valence-electron chi connectivity index (χ4n) is 2.45. The third-order valence-corrected chi connectivity index (χ3v) is 3.54. The van der Waals surface area contributed by atoms with Crippen molar-refractivity contribution in [2.75, 3.05) is 11.4 Å². The number of amidine groups is 1. The van der Waals surface area contributed by atoms with Gasteiger partial charge in [-0.2, -0.15) is 0 Å². The molecule has 1 aromatic rings. The Balaban J connectivity index is 2.33. The Bertz CT molecular complexity index is 513. The summed E-state index contributed by atoms with van der Waals surface area (Å²) in [5.74, 6) is -0.406. The molecule has 3 N–H and O–H groups in total. The number of hydrogen-bond donors (Lipinski definition) is 2. The van der Waals surface area contributed by atoms with Gasteiger partial charge in [-0.15, -0.1) is 0 Å². The second kappa shape index (κ2) is 5.30. The first kappa shape index (κ1) is 13.4. The average Bonchev–Trinajstić information content (AvgIpc) is 2.43. The highest BCUT2D eigenvalue weighted by Crippen LogP contribution is 2.30. The summed E-state index contributed by atoms with van der Waals surface area (Å²) in [6.45, 7) is 4.43. The lowest BCUT2D eigenvalue weighted by Crippen LogP contribution is -2.45. The molecule has 2 unspecified atom stereocenters. The van der Waals surface area contributed by atoms with Crippen LogP contribution in [0.2, 0.25) is 0 Å². The molecule has 1 amide bonds. The molecule has 0 aliphatic carbocycles. The van der Waals surface area contributed by atoms with Crippen LogP contribution in [-0.2, 0) is 11.2 Å². The monoisotopic (exact) mass is 261 g/mol. The summed E-state index contributed by atoms with van der Waals surface area (Å²) in [6.07, 6.45) is 0.970. The molecule has 5 nitrogen and oxygen atoms in total. The lowest BCUT2D eigenvalue weighted by molar-refractivity contribution is -0.120. The number of hydrogen-bond acceptors (Lipinski definition) is 3. The van der Waals surface area contributed by atoms with Gasteiger partial charge in [0.05, 0.1) is 5.92 Å². The summed E-state index contributed by atoms with van der Waals surface area (Å²) in [5.41, 5.74) is 7.63. The van der Waals surface area contributed by atoms with E-state index >= 15 is 0 Å². The molecule has 1 aliphatic heterocycles. The maximum absolute atomic E-state index is 12.5. The molecule has 0 bridgehead atoms. The van der Waals surface area contributed by atoms with Crippen LogP contribution in [0, 0.1) is 11.8 Å². The fourth-order valence-corrected chi connectivity index (χ4v) is 2.45. The van der Waals surface area contributed by atoms with Crippen LogP contribution in [0.25, 0.3) is 0 Å². The van der Waals surface area contributed by atoms with E-state index in [4.69, 9.17) is 10.9 Å². The molecule has 0 saturated carbocycles. The van der Waals surface area contributed by atoms with Gasteiger partial charge in [0.25, 0.3) is 0 Å². The minimum absolute atomic E-state index is 0.0549.